The van der Waals surface area contributed by atoms with Gasteiger partial charge >= 0.3 is 0 Å². The van der Waals surface area contributed by atoms with E-state index in [1.165, 1.54) is 24.2 Å². The van der Waals surface area contributed by atoms with Gasteiger partial charge in [0.15, 0.2) is 6.54 Å². The molecule has 1 amide bonds. The summed E-state index contributed by atoms with van der Waals surface area (Å²) in [4.78, 5) is 13.4. The lowest BCUT2D eigenvalue weighted by Crippen LogP contribution is -3.17. The van der Waals surface area contributed by atoms with E-state index in [-0.39, 0.29) is 5.91 Å². The van der Waals surface area contributed by atoms with Gasteiger partial charge in [0.25, 0.3) is 5.91 Å². The third kappa shape index (κ3) is 5.17. The molecule has 3 nitrogen and oxygen atoms in total. The second kappa shape index (κ2) is 8.02. The van der Waals surface area contributed by atoms with Gasteiger partial charge in [-0.15, -0.1) is 0 Å². The fourth-order valence-electron chi connectivity index (χ4n) is 2.85. The summed E-state index contributed by atoms with van der Waals surface area (Å²) in [5, 5.41) is 4.28. The molecule has 2 rings (SSSR count). The van der Waals surface area contributed by atoms with Gasteiger partial charge in [0.1, 0.15) is 0 Å². The zero-order chi connectivity index (χ0) is 15.2. The maximum atomic E-state index is 12.0. The molecule has 0 spiro atoms. The molecule has 1 aliphatic heterocycles. The number of hydrogen-bond acceptors (Lipinski definition) is 1. The average molecular weight is 330 g/mol. The lowest BCUT2D eigenvalue weighted by atomic mass is 10.0. The van der Waals surface area contributed by atoms with Gasteiger partial charge in [-0.3, -0.25) is 4.79 Å². The quantitative estimate of drug-likeness (QED) is 0.852. The third-order valence-electron chi connectivity index (χ3n) is 4.20. The molecule has 0 radical (unpaired) electrons. The molecular weight excluding hydrogens is 307 g/mol. The van der Waals surface area contributed by atoms with Gasteiger partial charge in [-0.2, -0.15) is 0 Å². The van der Waals surface area contributed by atoms with Crippen molar-refractivity contribution in [3.8, 4) is 0 Å². The van der Waals surface area contributed by atoms with Crippen LogP contribution in [0.3, 0.4) is 0 Å². The normalized spacial score (nSPS) is 22.0. The summed E-state index contributed by atoms with van der Waals surface area (Å²) in [6.07, 6.45) is 4.48. The first kappa shape index (κ1) is 16.6. The van der Waals surface area contributed by atoms with Crippen molar-refractivity contribution in [1.29, 1.82) is 0 Å². The van der Waals surface area contributed by atoms with Crippen LogP contribution < -0.4 is 10.2 Å². The first-order valence-corrected chi connectivity index (χ1v) is 8.37. The van der Waals surface area contributed by atoms with Crippen molar-refractivity contribution >= 4 is 29.1 Å². The van der Waals surface area contributed by atoms with Crippen molar-refractivity contribution < 1.29 is 9.69 Å². The van der Waals surface area contributed by atoms with E-state index in [1.807, 2.05) is 12.1 Å². The van der Waals surface area contributed by atoms with Gasteiger partial charge in [-0.1, -0.05) is 29.3 Å². The number of nitrogens with one attached hydrogen (secondary N) is 2. The number of likely N-dealkylation sites (tertiary alicyclic amines) is 1. The van der Waals surface area contributed by atoms with Gasteiger partial charge in [0, 0.05) is 16.6 Å². The molecule has 1 aliphatic rings. The van der Waals surface area contributed by atoms with Crippen LogP contribution in [-0.4, -0.2) is 31.6 Å². The summed E-state index contributed by atoms with van der Waals surface area (Å²) in [7, 11) is 0. The lowest BCUT2D eigenvalue weighted by Gasteiger charge is -2.29. The number of benzene rings is 1. The average Bonchev–Trinajstić information content (AvgIpc) is 2.44. The Labute approximate surface area is 136 Å². The Balaban J connectivity index is 1.73. The van der Waals surface area contributed by atoms with Crippen LogP contribution in [0.2, 0.25) is 10.0 Å². The predicted molar refractivity (Wildman–Crippen MR) is 87.2 cm³/mol. The zero-order valence-corrected chi connectivity index (χ0v) is 13.9. The molecule has 0 aliphatic carbocycles. The van der Waals surface area contributed by atoms with Crippen molar-refractivity contribution in [2.24, 2.45) is 0 Å². The molecule has 5 heteroatoms. The Kier molecular flexibility index (Phi) is 6.34. The van der Waals surface area contributed by atoms with E-state index in [2.05, 4.69) is 12.2 Å². The van der Waals surface area contributed by atoms with E-state index < -0.39 is 0 Å². The first-order valence-electron chi connectivity index (χ1n) is 7.61. The van der Waals surface area contributed by atoms with Crippen LogP contribution in [0, 0.1) is 0 Å². The van der Waals surface area contributed by atoms with Crippen LogP contribution in [-0.2, 0) is 11.2 Å². The molecule has 2 N–H and O–H groups in total. The Bertz CT molecular complexity index is 493. The van der Waals surface area contributed by atoms with Gasteiger partial charge in [0.2, 0.25) is 0 Å². The maximum Gasteiger partial charge on any atom is 0.275 e. The SMILES string of the molecule is C[C@H]1CCCC[NH+]1CC(=O)NCCc1ccc(Cl)cc1Cl. The number of piperidine rings is 1. The fraction of sp³-hybridized carbons (Fsp3) is 0.562. The Morgan fingerprint density at radius 2 is 2.19 bits per heavy atom. The molecule has 1 unspecified atom stereocenters. The molecule has 0 saturated carbocycles. The minimum absolute atomic E-state index is 0.129. The zero-order valence-electron chi connectivity index (χ0n) is 12.4. The predicted octanol–water partition coefficient (Wildman–Crippen LogP) is 2.11. The highest BCUT2D eigenvalue weighted by atomic mass is 35.5. The summed E-state index contributed by atoms with van der Waals surface area (Å²) in [6.45, 7) is 4.53. The summed E-state index contributed by atoms with van der Waals surface area (Å²) in [5.74, 6) is 0.129. The fourth-order valence-corrected chi connectivity index (χ4v) is 3.35. The van der Waals surface area contributed by atoms with Gasteiger partial charge in [-0.25, -0.2) is 0 Å². The number of rotatable bonds is 5. The third-order valence-corrected chi connectivity index (χ3v) is 4.79. The highest BCUT2D eigenvalue weighted by molar-refractivity contribution is 6.35. The van der Waals surface area contributed by atoms with E-state index in [0.717, 1.165) is 18.5 Å². The largest absolute Gasteiger partial charge is 0.351 e. The molecule has 0 bridgehead atoms. The van der Waals surface area contributed by atoms with Crippen molar-refractivity contribution in [2.45, 2.75) is 38.6 Å². The highest BCUT2D eigenvalue weighted by Gasteiger charge is 2.23. The molecule has 0 aromatic heterocycles. The second-order valence-corrected chi connectivity index (χ2v) is 6.66. The minimum atomic E-state index is 0.129. The van der Waals surface area contributed by atoms with E-state index in [4.69, 9.17) is 23.2 Å². The molecular formula is C16H23Cl2N2O+. The van der Waals surface area contributed by atoms with Crippen LogP contribution in [0.4, 0.5) is 0 Å². The van der Waals surface area contributed by atoms with Crippen molar-refractivity contribution in [2.75, 3.05) is 19.6 Å². The Morgan fingerprint density at radius 3 is 2.90 bits per heavy atom. The van der Waals surface area contributed by atoms with Gasteiger partial charge in [0.05, 0.1) is 12.6 Å². The van der Waals surface area contributed by atoms with Crippen LogP contribution in [0.1, 0.15) is 31.7 Å². The second-order valence-electron chi connectivity index (χ2n) is 5.82. The molecule has 21 heavy (non-hydrogen) atoms. The number of amides is 1. The number of hydrogen-bond donors (Lipinski definition) is 2. The van der Waals surface area contributed by atoms with E-state index in [0.29, 0.717) is 29.2 Å². The van der Waals surface area contributed by atoms with Crippen LogP contribution >= 0.6 is 23.2 Å². The maximum absolute atomic E-state index is 12.0. The lowest BCUT2D eigenvalue weighted by molar-refractivity contribution is -0.921. The summed E-state index contributed by atoms with van der Waals surface area (Å²) < 4.78 is 0. The van der Waals surface area contributed by atoms with Gasteiger partial charge < -0.3 is 10.2 Å². The number of carbonyl (C=O) groups excluding carboxylic acids is 1. The Hall–Kier alpha value is -0.770. The van der Waals surface area contributed by atoms with Crippen molar-refractivity contribution in [1.82, 2.24) is 5.32 Å². The highest BCUT2D eigenvalue weighted by Crippen LogP contribution is 2.20. The van der Waals surface area contributed by atoms with E-state index >= 15 is 0 Å². The van der Waals surface area contributed by atoms with Crippen LogP contribution in [0.5, 0.6) is 0 Å². The molecule has 1 aromatic rings. The number of quaternary nitrogens is 1. The molecule has 116 valence electrons. The first-order chi connectivity index (χ1) is 10.1. The summed E-state index contributed by atoms with van der Waals surface area (Å²) in [5.41, 5.74) is 1.01. The number of halogens is 2. The molecule has 2 atom stereocenters. The van der Waals surface area contributed by atoms with Crippen molar-refractivity contribution in [3.05, 3.63) is 33.8 Å². The number of carbonyl (C=O) groups is 1. The monoisotopic (exact) mass is 329 g/mol. The molecule has 1 aromatic carbocycles. The molecule has 1 fully saturated rings. The van der Waals surface area contributed by atoms with E-state index in [1.54, 1.807) is 6.07 Å². The van der Waals surface area contributed by atoms with Gasteiger partial charge in [-0.05, 0) is 50.3 Å². The smallest absolute Gasteiger partial charge is 0.275 e. The molecule has 1 heterocycles. The topological polar surface area (TPSA) is 33.5 Å². The Morgan fingerprint density at radius 1 is 1.38 bits per heavy atom. The van der Waals surface area contributed by atoms with Crippen molar-refractivity contribution in [3.63, 3.8) is 0 Å². The van der Waals surface area contributed by atoms with E-state index in [9.17, 15) is 4.79 Å². The van der Waals surface area contributed by atoms with Crippen LogP contribution in [0.15, 0.2) is 18.2 Å². The minimum Gasteiger partial charge on any atom is -0.351 e. The standard InChI is InChI=1S/C16H22Cl2N2O/c1-12-4-2-3-9-20(12)11-16(21)19-8-7-13-5-6-14(17)10-15(13)18/h5-6,10,12H,2-4,7-9,11H2,1H3,(H,19,21)/p+1/t12-/m0/s1. The summed E-state index contributed by atoms with van der Waals surface area (Å²) in [6, 6.07) is 6.06. The summed E-state index contributed by atoms with van der Waals surface area (Å²) >= 11 is 12.0. The molecule has 1 saturated heterocycles. The van der Waals surface area contributed by atoms with Crippen LogP contribution in [0.25, 0.3) is 0 Å².